The van der Waals surface area contributed by atoms with E-state index < -0.39 is 5.97 Å². The molecular weight excluding hydrogens is 302 g/mol. The van der Waals surface area contributed by atoms with Crippen LogP contribution in [0.3, 0.4) is 0 Å². The first-order chi connectivity index (χ1) is 11.7. The van der Waals surface area contributed by atoms with Crippen molar-refractivity contribution < 1.29 is 14.3 Å². The summed E-state index contributed by atoms with van der Waals surface area (Å²) in [7, 11) is 0. The van der Waals surface area contributed by atoms with Gasteiger partial charge in [-0.2, -0.15) is 0 Å². The van der Waals surface area contributed by atoms with Crippen LogP contribution in [0.1, 0.15) is 45.2 Å². The second-order valence-corrected chi connectivity index (χ2v) is 5.92. The normalized spacial score (nSPS) is 14.0. The third-order valence-corrected chi connectivity index (χ3v) is 4.24. The highest BCUT2D eigenvalue weighted by atomic mass is 16.5. The first-order valence-electron chi connectivity index (χ1n) is 8.31. The maximum absolute atomic E-state index is 12.9. The molecular formula is C20H21NO3. The molecule has 1 aliphatic heterocycles. The van der Waals surface area contributed by atoms with Crippen LogP contribution in [0, 0.1) is 0 Å². The number of nitrogens with zero attached hydrogens (tertiary/aromatic N) is 1. The third-order valence-electron chi connectivity index (χ3n) is 4.24. The molecule has 0 N–H and O–H groups in total. The van der Waals surface area contributed by atoms with Gasteiger partial charge in [0, 0.05) is 17.7 Å². The van der Waals surface area contributed by atoms with Crippen LogP contribution < -0.4 is 0 Å². The highest BCUT2D eigenvalue weighted by molar-refractivity contribution is 6.10. The fraction of sp³-hybridized carbons (Fsp3) is 0.300. The van der Waals surface area contributed by atoms with Gasteiger partial charge >= 0.3 is 5.97 Å². The van der Waals surface area contributed by atoms with Crippen molar-refractivity contribution in [3.05, 3.63) is 70.8 Å². The molecule has 2 aromatic carbocycles. The zero-order valence-corrected chi connectivity index (χ0v) is 13.8. The molecule has 4 nitrogen and oxygen atoms in total. The number of esters is 1. The van der Waals surface area contributed by atoms with E-state index in [4.69, 9.17) is 4.74 Å². The van der Waals surface area contributed by atoms with Crippen LogP contribution in [-0.2, 0) is 11.3 Å². The Bertz CT molecular complexity index is 750. The van der Waals surface area contributed by atoms with Crippen LogP contribution in [-0.4, -0.2) is 36.3 Å². The molecule has 1 saturated heterocycles. The summed E-state index contributed by atoms with van der Waals surface area (Å²) in [6.45, 7) is 5.04. The standard InChI is InChI=1S/C20H21NO3/c1-2-24-20(23)16-9-5-8-15(13-16)19(22)18-10-4-3-7-17(18)14-21-11-6-12-21/h3-5,7-10,13H,2,6,11-12,14H2,1H3. The monoisotopic (exact) mass is 323 g/mol. The number of rotatable bonds is 6. The molecule has 0 bridgehead atoms. The van der Waals surface area contributed by atoms with E-state index in [9.17, 15) is 9.59 Å². The number of ether oxygens (including phenoxy) is 1. The first kappa shape index (κ1) is 16.4. The fourth-order valence-corrected chi connectivity index (χ4v) is 2.82. The molecule has 0 atom stereocenters. The topological polar surface area (TPSA) is 46.6 Å². The smallest absolute Gasteiger partial charge is 0.338 e. The van der Waals surface area contributed by atoms with Gasteiger partial charge in [-0.25, -0.2) is 4.79 Å². The van der Waals surface area contributed by atoms with E-state index in [1.54, 1.807) is 31.2 Å². The first-order valence-corrected chi connectivity index (χ1v) is 8.31. The summed E-state index contributed by atoms with van der Waals surface area (Å²) < 4.78 is 5.01. The summed E-state index contributed by atoms with van der Waals surface area (Å²) in [4.78, 5) is 27.1. The average Bonchev–Trinajstić information content (AvgIpc) is 2.58. The highest BCUT2D eigenvalue weighted by Gasteiger charge is 2.19. The van der Waals surface area contributed by atoms with Crippen molar-refractivity contribution in [1.82, 2.24) is 4.90 Å². The van der Waals surface area contributed by atoms with Crippen LogP contribution in [0.5, 0.6) is 0 Å². The molecule has 0 aliphatic carbocycles. The zero-order chi connectivity index (χ0) is 16.9. The zero-order valence-electron chi connectivity index (χ0n) is 13.8. The lowest BCUT2D eigenvalue weighted by Crippen LogP contribution is -2.36. The molecule has 4 heteroatoms. The minimum Gasteiger partial charge on any atom is -0.462 e. The predicted molar refractivity (Wildman–Crippen MR) is 92.2 cm³/mol. The number of carbonyl (C=O) groups excluding carboxylic acids is 2. The lowest BCUT2D eigenvalue weighted by Gasteiger charge is -2.31. The molecule has 0 amide bonds. The van der Waals surface area contributed by atoms with Crippen molar-refractivity contribution in [3.8, 4) is 0 Å². The van der Waals surface area contributed by atoms with E-state index in [1.807, 2.05) is 24.3 Å². The molecule has 0 spiro atoms. The van der Waals surface area contributed by atoms with Crippen molar-refractivity contribution in [2.24, 2.45) is 0 Å². The number of likely N-dealkylation sites (tertiary alicyclic amines) is 1. The van der Waals surface area contributed by atoms with Gasteiger partial charge in [-0.15, -0.1) is 0 Å². The van der Waals surface area contributed by atoms with Crippen LogP contribution in [0.4, 0.5) is 0 Å². The SMILES string of the molecule is CCOC(=O)c1cccc(C(=O)c2ccccc2CN2CCC2)c1. The van der Waals surface area contributed by atoms with Gasteiger partial charge in [-0.05, 0) is 44.1 Å². The minimum absolute atomic E-state index is 0.0581. The highest BCUT2D eigenvalue weighted by Crippen LogP contribution is 2.20. The van der Waals surface area contributed by atoms with Crippen LogP contribution in [0.2, 0.25) is 0 Å². The second kappa shape index (κ2) is 7.41. The lowest BCUT2D eigenvalue weighted by molar-refractivity contribution is 0.0526. The van der Waals surface area contributed by atoms with E-state index in [-0.39, 0.29) is 5.78 Å². The molecule has 124 valence electrons. The van der Waals surface area contributed by atoms with Gasteiger partial charge in [-0.1, -0.05) is 36.4 Å². The Hall–Kier alpha value is -2.46. The Labute approximate surface area is 142 Å². The molecule has 1 heterocycles. The Morgan fingerprint density at radius 2 is 1.79 bits per heavy atom. The van der Waals surface area contributed by atoms with Gasteiger partial charge in [0.05, 0.1) is 12.2 Å². The molecule has 0 radical (unpaired) electrons. The summed E-state index contributed by atoms with van der Waals surface area (Å²) in [5.74, 6) is -0.460. The summed E-state index contributed by atoms with van der Waals surface area (Å²) in [6.07, 6.45) is 1.22. The number of hydrogen-bond donors (Lipinski definition) is 0. The van der Waals surface area contributed by atoms with Crippen LogP contribution >= 0.6 is 0 Å². The molecule has 3 rings (SSSR count). The molecule has 0 saturated carbocycles. The van der Waals surface area contributed by atoms with Gasteiger partial charge in [0.1, 0.15) is 0 Å². The minimum atomic E-state index is -0.402. The Morgan fingerprint density at radius 1 is 1.04 bits per heavy atom. The second-order valence-electron chi connectivity index (χ2n) is 5.92. The maximum Gasteiger partial charge on any atom is 0.338 e. The number of ketones is 1. The predicted octanol–water partition coefficient (Wildman–Crippen LogP) is 3.30. The van der Waals surface area contributed by atoms with Crippen molar-refractivity contribution in [2.45, 2.75) is 19.9 Å². The molecule has 1 aliphatic rings. The number of carbonyl (C=O) groups is 2. The van der Waals surface area contributed by atoms with Gasteiger partial charge in [0.25, 0.3) is 0 Å². The van der Waals surface area contributed by atoms with E-state index in [0.717, 1.165) is 25.2 Å². The molecule has 1 fully saturated rings. The largest absolute Gasteiger partial charge is 0.462 e. The van der Waals surface area contributed by atoms with Gasteiger partial charge in [0.2, 0.25) is 0 Å². The molecule has 0 aromatic heterocycles. The lowest BCUT2D eigenvalue weighted by atomic mass is 9.96. The quantitative estimate of drug-likeness (QED) is 0.604. The van der Waals surface area contributed by atoms with E-state index in [1.165, 1.54) is 6.42 Å². The van der Waals surface area contributed by atoms with E-state index >= 15 is 0 Å². The average molecular weight is 323 g/mol. The van der Waals surface area contributed by atoms with Crippen molar-refractivity contribution in [1.29, 1.82) is 0 Å². The maximum atomic E-state index is 12.9. The van der Waals surface area contributed by atoms with Crippen molar-refractivity contribution >= 4 is 11.8 Å². The van der Waals surface area contributed by atoms with Gasteiger partial charge in [0.15, 0.2) is 5.78 Å². The van der Waals surface area contributed by atoms with Crippen LogP contribution in [0.25, 0.3) is 0 Å². The Morgan fingerprint density at radius 3 is 2.50 bits per heavy atom. The molecule has 2 aromatic rings. The van der Waals surface area contributed by atoms with E-state index in [0.29, 0.717) is 23.3 Å². The van der Waals surface area contributed by atoms with Gasteiger partial charge in [-0.3, -0.25) is 9.69 Å². The summed E-state index contributed by atoms with van der Waals surface area (Å²) in [5.41, 5.74) is 2.65. The summed E-state index contributed by atoms with van der Waals surface area (Å²) >= 11 is 0. The summed E-state index contributed by atoms with van der Waals surface area (Å²) in [5, 5.41) is 0. The van der Waals surface area contributed by atoms with E-state index in [2.05, 4.69) is 4.90 Å². The van der Waals surface area contributed by atoms with Crippen molar-refractivity contribution in [3.63, 3.8) is 0 Å². The fourth-order valence-electron chi connectivity index (χ4n) is 2.82. The van der Waals surface area contributed by atoms with Crippen molar-refractivity contribution in [2.75, 3.05) is 19.7 Å². The Balaban J connectivity index is 1.86. The number of benzene rings is 2. The third kappa shape index (κ3) is 3.54. The van der Waals surface area contributed by atoms with Gasteiger partial charge < -0.3 is 4.74 Å². The summed E-state index contributed by atoms with van der Waals surface area (Å²) in [6, 6.07) is 14.4. The Kier molecular flexibility index (Phi) is 5.06. The van der Waals surface area contributed by atoms with Crippen LogP contribution in [0.15, 0.2) is 48.5 Å². The number of hydrogen-bond acceptors (Lipinski definition) is 4. The molecule has 24 heavy (non-hydrogen) atoms. The molecule has 0 unspecified atom stereocenters.